The van der Waals surface area contributed by atoms with E-state index in [1.807, 2.05) is 0 Å². The van der Waals surface area contributed by atoms with Gasteiger partial charge < -0.3 is 10.8 Å². The lowest BCUT2D eigenvalue weighted by atomic mass is 10.2. The Morgan fingerprint density at radius 3 is 2.83 bits per heavy atom. The summed E-state index contributed by atoms with van der Waals surface area (Å²) < 4.78 is 0. The molecule has 6 nitrogen and oxygen atoms in total. The highest BCUT2D eigenvalue weighted by atomic mass is 16.3. The van der Waals surface area contributed by atoms with Crippen LogP contribution in [-0.4, -0.2) is 27.1 Å². The first-order valence-electron chi connectivity index (χ1n) is 5.18. The van der Waals surface area contributed by atoms with Gasteiger partial charge in [0.2, 0.25) is 0 Å². The van der Waals surface area contributed by atoms with Crippen molar-refractivity contribution in [2.45, 2.75) is 0 Å². The third kappa shape index (κ3) is 2.88. The lowest BCUT2D eigenvalue weighted by molar-refractivity contribution is 0.474. The van der Waals surface area contributed by atoms with Gasteiger partial charge >= 0.3 is 0 Å². The van der Waals surface area contributed by atoms with E-state index in [-0.39, 0.29) is 11.6 Å². The van der Waals surface area contributed by atoms with Gasteiger partial charge in [0.15, 0.2) is 5.84 Å². The van der Waals surface area contributed by atoms with Crippen molar-refractivity contribution >= 4 is 12.1 Å². The number of phenolic OH excluding ortho intramolecular Hbond substituents is 1. The van der Waals surface area contributed by atoms with E-state index in [2.05, 4.69) is 20.2 Å². The van der Waals surface area contributed by atoms with Gasteiger partial charge in [-0.15, -0.1) is 5.10 Å². The molecule has 0 aliphatic heterocycles. The fraction of sp³-hybridized carbons (Fsp3) is 0. The summed E-state index contributed by atoms with van der Waals surface area (Å²) >= 11 is 0. The van der Waals surface area contributed by atoms with Crippen LogP contribution in [0.1, 0.15) is 11.3 Å². The number of hydrogen-bond donors (Lipinski definition) is 2. The summed E-state index contributed by atoms with van der Waals surface area (Å²) in [6, 6.07) is 6.80. The zero-order valence-corrected chi connectivity index (χ0v) is 9.43. The smallest absolute Gasteiger partial charge is 0.173 e. The third-order valence-electron chi connectivity index (χ3n) is 2.12. The molecule has 2 aromatic rings. The second kappa shape index (κ2) is 5.53. The van der Waals surface area contributed by atoms with E-state index in [4.69, 9.17) is 5.73 Å². The van der Waals surface area contributed by atoms with E-state index in [0.29, 0.717) is 11.3 Å². The van der Waals surface area contributed by atoms with Gasteiger partial charge in [-0.3, -0.25) is 4.98 Å². The number of hydrogen-bond acceptors (Lipinski definition) is 5. The number of rotatable bonds is 3. The van der Waals surface area contributed by atoms with E-state index >= 15 is 0 Å². The Morgan fingerprint density at radius 1 is 1.28 bits per heavy atom. The van der Waals surface area contributed by atoms with Crippen LogP contribution in [-0.2, 0) is 0 Å². The quantitative estimate of drug-likeness (QED) is 0.474. The molecule has 6 heteroatoms. The minimum Gasteiger partial charge on any atom is -0.507 e. The van der Waals surface area contributed by atoms with Crippen LogP contribution in [0.25, 0.3) is 0 Å². The SMILES string of the molecule is NC(=NN=Cc1ccccc1O)c1cnccn1. The second-order valence-electron chi connectivity index (χ2n) is 3.38. The highest BCUT2D eigenvalue weighted by Crippen LogP contribution is 2.12. The molecule has 0 bridgehead atoms. The van der Waals surface area contributed by atoms with Crippen LogP contribution >= 0.6 is 0 Å². The Labute approximate surface area is 104 Å². The van der Waals surface area contributed by atoms with Crippen LogP contribution in [0.2, 0.25) is 0 Å². The Bertz CT molecular complexity index is 580. The Morgan fingerprint density at radius 2 is 2.11 bits per heavy atom. The summed E-state index contributed by atoms with van der Waals surface area (Å²) in [5.74, 6) is 0.296. The fourth-order valence-electron chi connectivity index (χ4n) is 1.23. The van der Waals surface area contributed by atoms with Gasteiger partial charge in [0.1, 0.15) is 11.4 Å². The summed E-state index contributed by atoms with van der Waals surface area (Å²) in [5.41, 5.74) is 6.68. The summed E-state index contributed by atoms with van der Waals surface area (Å²) in [5, 5.41) is 17.1. The van der Waals surface area contributed by atoms with Gasteiger partial charge in [-0.1, -0.05) is 12.1 Å². The molecule has 0 saturated heterocycles. The molecule has 0 unspecified atom stereocenters. The largest absolute Gasteiger partial charge is 0.507 e. The summed E-state index contributed by atoms with van der Waals surface area (Å²) in [4.78, 5) is 7.85. The number of aromatic hydroxyl groups is 1. The fourth-order valence-corrected chi connectivity index (χ4v) is 1.23. The normalized spacial score (nSPS) is 11.9. The van der Waals surface area contributed by atoms with Crippen molar-refractivity contribution in [3.05, 3.63) is 54.1 Å². The predicted molar refractivity (Wildman–Crippen MR) is 68.5 cm³/mol. The average Bonchev–Trinajstić information content (AvgIpc) is 2.42. The minimum atomic E-state index is 0.134. The van der Waals surface area contributed by atoms with Crippen molar-refractivity contribution in [3.63, 3.8) is 0 Å². The minimum absolute atomic E-state index is 0.134. The van der Waals surface area contributed by atoms with E-state index < -0.39 is 0 Å². The molecule has 0 aliphatic rings. The van der Waals surface area contributed by atoms with Crippen molar-refractivity contribution in [3.8, 4) is 5.75 Å². The van der Waals surface area contributed by atoms with Crippen LogP contribution < -0.4 is 5.73 Å². The zero-order chi connectivity index (χ0) is 12.8. The molecule has 1 aromatic carbocycles. The van der Waals surface area contributed by atoms with Crippen LogP contribution in [0.4, 0.5) is 0 Å². The molecule has 0 saturated carbocycles. The van der Waals surface area contributed by atoms with Crippen LogP contribution in [0, 0.1) is 0 Å². The van der Waals surface area contributed by atoms with Gasteiger partial charge in [-0.05, 0) is 12.1 Å². The van der Waals surface area contributed by atoms with E-state index in [1.165, 1.54) is 18.6 Å². The Balaban J connectivity index is 2.14. The van der Waals surface area contributed by atoms with Crippen molar-refractivity contribution < 1.29 is 5.11 Å². The van der Waals surface area contributed by atoms with E-state index in [0.717, 1.165) is 0 Å². The van der Waals surface area contributed by atoms with Crippen molar-refractivity contribution in [2.75, 3.05) is 0 Å². The predicted octanol–water partition coefficient (Wildman–Crippen LogP) is 0.922. The summed E-state index contributed by atoms with van der Waals surface area (Å²) in [6.07, 6.45) is 5.97. The third-order valence-corrected chi connectivity index (χ3v) is 2.12. The number of benzene rings is 1. The topological polar surface area (TPSA) is 96.8 Å². The highest BCUT2D eigenvalue weighted by molar-refractivity contribution is 5.95. The summed E-state index contributed by atoms with van der Waals surface area (Å²) in [6.45, 7) is 0. The number of amidine groups is 1. The first-order valence-corrected chi connectivity index (χ1v) is 5.18. The van der Waals surface area contributed by atoms with Gasteiger partial charge in [0.05, 0.1) is 12.4 Å². The monoisotopic (exact) mass is 241 g/mol. The number of phenols is 1. The molecular weight excluding hydrogens is 230 g/mol. The lowest BCUT2D eigenvalue weighted by Gasteiger charge is -1.96. The molecule has 18 heavy (non-hydrogen) atoms. The zero-order valence-electron chi connectivity index (χ0n) is 9.43. The number of para-hydroxylation sites is 1. The maximum atomic E-state index is 9.50. The number of nitrogens with two attached hydrogens (primary N) is 1. The van der Waals surface area contributed by atoms with Gasteiger partial charge in [0.25, 0.3) is 0 Å². The lowest BCUT2D eigenvalue weighted by Crippen LogP contribution is -2.14. The maximum Gasteiger partial charge on any atom is 0.173 e. The average molecular weight is 241 g/mol. The standard InChI is InChI=1S/C12H11N5O/c13-12(10-8-14-5-6-15-10)17-16-7-9-3-1-2-4-11(9)18/h1-8,18H,(H2,13,17). The molecule has 90 valence electrons. The molecule has 0 atom stereocenters. The van der Waals surface area contributed by atoms with Crippen LogP contribution in [0.5, 0.6) is 5.75 Å². The first-order chi connectivity index (χ1) is 8.77. The molecule has 1 aromatic heterocycles. The molecule has 3 N–H and O–H groups in total. The van der Waals surface area contributed by atoms with Crippen LogP contribution in [0.3, 0.4) is 0 Å². The molecule has 0 fully saturated rings. The first kappa shape index (κ1) is 11.7. The molecule has 1 heterocycles. The molecule has 0 spiro atoms. The Kier molecular flexibility index (Phi) is 3.60. The van der Waals surface area contributed by atoms with E-state index in [1.54, 1.807) is 30.5 Å². The molecular formula is C12H11N5O. The van der Waals surface area contributed by atoms with Crippen molar-refractivity contribution in [1.29, 1.82) is 0 Å². The Hall–Kier alpha value is -2.76. The molecule has 2 rings (SSSR count). The van der Waals surface area contributed by atoms with Crippen LogP contribution in [0.15, 0.2) is 53.1 Å². The van der Waals surface area contributed by atoms with Gasteiger partial charge in [-0.2, -0.15) is 5.10 Å². The van der Waals surface area contributed by atoms with Gasteiger partial charge in [-0.25, -0.2) is 4.98 Å². The molecule has 0 aliphatic carbocycles. The number of aromatic nitrogens is 2. The van der Waals surface area contributed by atoms with Crippen molar-refractivity contribution in [1.82, 2.24) is 9.97 Å². The number of nitrogens with zero attached hydrogens (tertiary/aromatic N) is 4. The maximum absolute atomic E-state index is 9.50. The summed E-state index contributed by atoms with van der Waals surface area (Å²) in [7, 11) is 0. The molecule has 0 amide bonds. The van der Waals surface area contributed by atoms with E-state index in [9.17, 15) is 5.11 Å². The molecule has 0 radical (unpaired) electrons. The van der Waals surface area contributed by atoms with Crippen molar-refractivity contribution in [2.24, 2.45) is 15.9 Å². The highest BCUT2D eigenvalue weighted by Gasteiger charge is 1.98. The second-order valence-corrected chi connectivity index (χ2v) is 3.38. The van der Waals surface area contributed by atoms with Gasteiger partial charge in [0, 0.05) is 18.0 Å².